The fraction of sp³-hybridized carbons (Fsp3) is 0.619. The van der Waals surface area contributed by atoms with Gasteiger partial charge in [-0.15, -0.1) is 0 Å². The topological polar surface area (TPSA) is 63.4 Å². The zero-order valence-corrected chi connectivity index (χ0v) is 15.7. The molecule has 1 aliphatic heterocycles. The van der Waals surface area contributed by atoms with Crippen molar-refractivity contribution >= 4 is 11.6 Å². The molecule has 4 nitrogen and oxygen atoms in total. The van der Waals surface area contributed by atoms with Crippen LogP contribution in [0.4, 0.5) is 0 Å². The molecule has 2 aliphatic carbocycles. The van der Waals surface area contributed by atoms with Crippen molar-refractivity contribution in [2.45, 2.75) is 52.9 Å². The van der Waals surface area contributed by atoms with Crippen LogP contribution in [-0.4, -0.2) is 29.6 Å². The summed E-state index contributed by atoms with van der Waals surface area (Å²) in [5, 5.41) is 0. The van der Waals surface area contributed by atoms with E-state index in [0.29, 0.717) is 18.7 Å². The van der Waals surface area contributed by atoms with E-state index >= 15 is 0 Å². The van der Waals surface area contributed by atoms with Crippen molar-refractivity contribution < 1.29 is 9.59 Å². The molecule has 3 aliphatic rings. The number of hydrogen-bond acceptors (Lipinski definition) is 4. The molecule has 0 aromatic rings. The SMILES string of the molecule is C=C(N)N1CCC2(CC1)CC(=O)C(C1=C(C)C=C(C)CC1C)C(=O)C2. The van der Waals surface area contributed by atoms with E-state index in [9.17, 15) is 9.59 Å². The minimum Gasteiger partial charge on any atom is -0.386 e. The highest BCUT2D eigenvalue weighted by atomic mass is 16.2. The zero-order valence-electron chi connectivity index (χ0n) is 15.7. The van der Waals surface area contributed by atoms with Crippen LogP contribution >= 0.6 is 0 Å². The Morgan fingerprint density at radius 3 is 2.24 bits per heavy atom. The Bertz CT molecular complexity index is 658. The summed E-state index contributed by atoms with van der Waals surface area (Å²) in [6.45, 7) is 11.7. The third-order valence-corrected chi connectivity index (χ3v) is 6.36. The van der Waals surface area contributed by atoms with E-state index in [1.54, 1.807) is 0 Å². The Balaban J connectivity index is 1.80. The molecule has 1 atom stereocenters. The van der Waals surface area contributed by atoms with E-state index in [-0.39, 0.29) is 22.9 Å². The fourth-order valence-electron chi connectivity index (χ4n) is 5.16. The molecule has 0 aromatic carbocycles. The predicted octanol–water partition coefficient (Wildman–Crippen LogP) is 3.35. The molecule has 2 N–H and O–H groups in total. The highest BCUT2D eigenvalue weighted by Crippen LogP contribution is 2.47. The number of allylic oxidation sites excluding steroid dienone is 4. The maximum atomic E-state index is 13.0. The molecule has 3 rings (SSSR count). The first-order valence-electron chi connectivity index (χ1n) is 9.35. The number of Topliss-reactive ketones (excluding diaryl/α,β-unsaturated/α-hetero) is 2. The Morgan fingerprint density at radius 1 is 1.20 bits per heavy atom. The van der Waals surface area contributed by atoms with Gasteiger partial charge in [0.05, 0.1) is 11.7 Å². The van der Waals surface area contributed by atoms with Gasteiger partial charge in [-0.2, -0.15) is 0 Å². The highest BCUT2D eigenvalue weighted by molar-refractivity contribution is 6.08. The van der Waals surface area contributed by atoms with Gasteiger partial charge < -0.3 is 10.6 Å². The normalized spacial score (nSPS) is 27.7. The van der Waals surface area contributed by atoms with Crippen LogP contribution in [-0.2, 0) is 9.59 Å². The van der Waals surface area contributed by atoms with Crippen molar-refractivity contribution in [3.63, 3.8) is 0 Å². The Labute approximate surface area is 150 Å². The fourth-order valence-corrected chi connectivity index (χ4v) is 5.16. The van der Waals surface area contributed by atoms with E-state index in [4.69, 9.17) is 5.73 Å². The Morgan fingerprint density at radius 2 is 1.76 bits per heavy atom. The van der Waals surface area contributed by atoms with Crippen molar-refractivity contribution in [2.24, 2.45) is 23.0 Å². The van der Waals surface area contributed by atoms with Crippen LogP contribution < -0.4 is 5.73 Å². The molecule has 1 saturated heterocycles. The van der Waals surface area contributed by atoms with E-state index in [2.05, 4.69) is 31.4 Å². The quantitative estimate of drug-likeness (QED) is 0.782. The van der Waals surface area contributed by atoms with Crippen LogP contribution in [0.1, 0.15) is 52.9 Å². The monoisotopic (exact) mass is 342 g/mol. The number of ketones is 2. The minimum atomic E-state index is -0.507. The van der Waals surface area contributed by atoms with Crippen molar-refractivity contribution in [3.05, 3.63) is 35.2 Å². The summed E-state index contributed by atoms with van der Waals surface area (Å²) in [5.74, 6) is 0.614. The van der Waals surface area contributed by atoms with Crippen molar-refractivity contribution in [1.29, 1.82) is 0 Å². The summed E-state index contributed by atoms with van der Waals surface area (Å²) >= 11 is 0. The summed E-state index contributed by atoms with van der Waals surface area (Å²) in [6.07, 6.45) is 5.84. The molecule has 2 fully saturated rings. The van der Waals surface area contributed by atoms with Crippen molar-refractivity contribution in [3.8, 4) is 0 Å². The first kappa shape index (κ1) is 18.0. The van der Waals surface area contributed by atoms with Crippen molar-refractivity contribution in [1.82, 2.24) is 4.90 Å². The van der Waals surface area contributed by atoms with Gasteiger partial charge in [0.1, 0.15) is 11.6 Å². The molecule has 4 heteroatoms. The largest absolute Gasteiger partial charge is 0.386 e. The number of carbonyl (C=O) groups is 2. The summed E-state index contributed by atoms with van der Waals surface area (Å²) in [7, 11) is 0. The highest BCUT2D eigenvalue weighted by Gasteiger charge is 2.48. The first-order chi connectivity index (χ1) is 11.7. The van der Waals surface area contributed by atoms with Crippen LogP contribution in [0.25, 0.3) is 0 Å². The molecule has 0 bridgehead atoms. The smallest absolute Gasteiger partial charge is 0.148 e. The standard InChI is InChI=1S/C21H30N2O2/c1-13-9-14(2)19(15(3)10-13)20-17(24)11-21(12-18(20)25)5-7-23(8-6-21)16(4)22/h9,15,20H,4-8,10-12,22H2,1-3H3. The number of nitrogens with two attached hydrogens (primary N) is 1. The van der Waals surface area contributed by atoms with E-state index in [0.717, 1.165) is 43.5 Å². The number of piperidine rings is 1. The lowest BCUT2D eigenvalue weighted by atomic mass is 9.61. The van der Waals surface area contributed by atoms with Gasteiger partial charge in [0.25, 0.3) is 0 Å². The van der Waals surface area contributed by atoms with Crippen LogP contribution in [0.15, 0.2) is 35.2 Å². The third-order valence-electron chi connectivity index (χ3n) is 6.36. The average Bonchev–Trinajstić information content (AvgIpc) is 2.49. The van der Waals surface area contributed by atoms with E-state index in [1.807, 2.05) is 6.92 Å². The second kappa shape index (κ2) is 6.47. The van der Waals surface area contributed by atoms with Gasteiger partial charge in [-0.1, -0.05) is 30.7 Å². The maximum absolute atomic E-state index is 13.0. The molecular weight excluding hydrogens is 312 g/mol. The average molecular weight is 342 g/mol. The number of nitrogens with zero attached hydrogens (tertiary/aromatic N) is 1. The van der Waals surface area contributed by atoms with Gasteiger partial charge in [-0.3, -0.25) is 9.59 Å². The molecule has 1 unspecified atom stereocenters. The predicted molar refractivity (Wildman–Crippen MR) is 99.5 cm³/mol. The van der Waals surface area contributed by atoms with E-state index in [1.165, 1.54) is 5.57 Å². The summed E-state index contributed by atoms with van der Waals surface area (Å²) < 4.78 is 0. The van der Waals surface area contributed by atoms with Crippen LogP contribution in [0, 0.1) is 17.3 Å². The minimum absolute atomic E-state index is 0.130. The van der Waals surface area contributed by atoms with Gasteiger partial charge >= 0.3 is 0 Å². The Hall–Kier alpha value is -1.84. The van der Waals surface area contributed by atoms with Gasteiger partial charge in [-0.25, -0.2) is 0 Å². The van der Waals surface area contributed by atoms with Gasteiger partial charge in [0.2, 0.25) is 0 Å². The number of hydrogen-bond donors (Lipinski definition) is 1. The molecule has 1 saturated carbocycles. The molecule has 136 valence electrons. The van der Waals surface area contributed by atoms with Gasteiger partial charge in [0, 0.05) is 25.9 Å². The lowest BCUT2D eigenvalue weighted by molar-refractivity contribution is -0.140. The lowest BCUT2D eigenvalue weighted by Gasteiger charge is -2.46. The van der Waals surface area contributed by atoms with Gasteiger partial charge in [0.15, 0.2) is 0 Å². The second-order valence-corrected chi connectivity index (χ2v) is 8.43. The lowest BCUT2D eigenvalue weighted by Crippen LogP contribution is -2.48. The zero-order chi connectivity index (χ0) is 18.4. The molecule has 0 aromatic heterocycles. The molecular formula is C21H30N2O2. The number of likely N-dealkylation sites (tertiary alicyclic amines) is 1. The molecule has 1 spiro atoms. The number of rotatable bonds is 2. The van der Waals surface area contributed by atoms with Crippen LogP contribution in [0.5, 0.6) is 0 Å². The third kappa shape index (κ3) is 3.31. The molecule has 25 heavy (non-hydrogen) atoms. The molecule has 1 heterocycles. The summed E-state index contributed by atoms with van der Waals surface area (Å²) in [6, 6.07) is 0. The summed E-state index contributed by atoms with van der Waals surface area (Å²) in [5.41, 5.74) is 9.15. The maximum Gasteiger partial charge on any atom is 0.148 e. The van der Waals surface area contributed by atoms with Crippen LogP contribution in [0.2, 0.25) is 0 Å². The second-order valence-electron chi connectivity index (χ2n) is 8.43. The van der Waals surface area contributed by atoms with Crippen molar-refractivity contribution in [2.75, 3.05) is 13.1 Å². The van der Waals surface area contributed by atoms with Gasteiger partial charge in [-0.05, 0) is 50.0 Å². The summed E-state index contributed by atoms with van der Waals surface area (Å²) in [4.78, 5) is 28.1. The molecule has 0 radical (unpaired) electrons. The number of carbonyl (C=O) groups excluding carboxylic acids is 2. The van der Waals surface area contributed by atoms with Crippen LogP contribution in [0.3, 0.4) is 0 Å². The Kier molecular flexibility index (Phi) is 4.65. The van der Waals surface area contributed by atoms with E-state index < -0.39 is 5.92 Å². The molecule has 0 amide bonds. The first-order valence-corrected chi connectivity index (χ1v) is 9.35.